The summed E-state index contributed by atoms with van der Waals surface area (Å²) >= 11 is 0. The number of aromatic nitrogens is 6. The van der Waals surface area contributed by atoms with Gasteiger partial charge in [0.1, 0.15) is 23.9 Å². The summed E-state index contributed by atoms with van der Waals surface area (Å²) in [4.78, 5) is 17.0. The highest BCUT2D eigenvalue weighted by atomic mass is 16.2. The number of fused-ring (bicyclic) bond motifs is 1. The number of nitrogens with one attached hydrogen (secondary N) is 2. The minimum absolute atomic E-state index is 0.0627. The van der Waals surface area contributed by atoms with Gasteiger partial charge in [0.2, 0.25) is 5.91 Å². The van der Waals surface area contributed by atoms with Crippen molar-refractivity contribution in [2.45, 2.75) is 19.5 Å². The van der Waals surface area contributed by atoms with Crippen LogP contribution in [-0.2, 0) is 11.3 Å². The fourth-order valence-corrected chi connectivity index (χ4v) is 2.81. The second-order valence-electron chi connectivity index (χ2n) is 5.93. The molecule has 8 nitrogen and oxygen atoms in total. The number of carbonyl (C=O) groups excluding carboxylic acids is 1. The summed E-state index contributed by atoms with van der Waals surface area (Å²) in [5.74, 6) is 1.01. The lowest BCUT2D eigenvalue weighted by molar-refractivity contribution is -0.122. The maximum Gasteiger partial charge on any atom is 0.242 e. The normalized spacial score (nSPS) is 12.2. The van der Waals surface area contributed by atoms with Crippen LogP contribution < -0.4 is 5.32 Å². The summed E-state index contributed by atoms with van der Waals surface area (Å²) in [5, 5.41) is 18.2. The molecule has 1 atom stereocenters. The predicted octanol–water partition coefficient (Wildman–Crippen LogP) is 1.76. The van der Waals surface area contributed by atoms with Crippen molar-refractivity contribution in [2.75, 3.05) is 0 Å². The zero-order valence-electron chi connectivity index (χ0n) is 14.1. The van der Waals surface area contributed by atoms with Gasteiger partial charge in [-0.15, -0.1) is 5.10 Å². The van der Waals surface area contributed by atoms with Crippen molar-refractivity contribution in [3.8, 4) is 0 Å². The molecule has 130 valence electrons. The molecule has 0 aliphatic heterocycles. The molecule has 1 amide bonds. The minimum atomic E-state index is -0.441. The van der Waals surface area contributed by atoms with E-state index < -0.39 is 6.04 Å². The first kappa shape index (κ1) is 15.9. The molecule has 2 aromatic heterocycles. The smallest absolute Gasteiger partial charge is 0.242 e. The van der Waals surface area contributed by atoms with Crippen LogP contribution in [0.25, 0.3) is 11.0 Å². The van der Waals surface area contributed by atoms with Crippen molar-refractivity contribution in [1.82, 2.24) is 35.5 Å². The Bertz CT molecular complexity index is 1040. The number of benzene rings is 2. The summed E-state index contributed by atoms with van der Waals surface area (Å²) in [6.07, 6.45) is 0. The van der Waals surface area contributed by atoms with Crippen molar-refractivity contribution in [3.05, 3.63) is 71.8 Å². The van der Waals surface area contributed by atoms with Gasteiger partial charge in [-0.05, 0) is 24.6 Å². The van der Waals surface area contributed by atoms with Crippen molar-refractivity contribution in [1.29, 1.82) is 0 Å². The molecule has 0 aliphatic rings. The van der Waals surface area contributed by atoms with E-state index in [0.717, 1.165) is 16.6 Å². The fourth-order valence-electron chi connectivity index (χ4n) is 2.81. The molecule has 1 unspecified atom stereocenters. The Morgan fingerprint density at radius 2 is 1.92 bits per heavy atom. The predicted molar refractivity (Wildman–Crippen MR) is 95.1 cm³/mol. The number of para-hydroxylation sites is 1. The van der Waals surface area contributed by atoms with Crippen molar-refractivity contribution >= 4 is 16.9 Å². The molecule has 2 N–H and O–H groups in total. The Hall–Kier alpha value is -3.55. The molecule has 0 fully saturated rings. The maximum atomic E-state index is 12.7. The average molecular weight is 347 g/mol. The number of aromatic amines is 1. The number of hydrogen-bond donors (Lipinski definition) is 2. The van der Waals surface area contributed by atoms with Gasteiger partial charge in [0.25, 0.3) is 0 Å². The van der Waals surface area contributed by atoms with E-state index in [4.69, 9.17) is 0 Å². The monoisotopic (exact) mass is 347 g/mol. The van der Waals surface area contributed by atoms with Gasteiger partial charge in [-0.2, -0.15) is 5.10 Å². The highest BCUT2D eigenvalue weighted by Crippen LogP contribution is 2.19. The Balaban J connectivity index is 1.58. The second-order valence-corrected chi connectivity index (χ2v) is 5.93. The van der Waals surface area contributed by atoms with Crippen molar-refractivity contribution in [3.63, 3.8) is 0 Å². The van der Waals surface area contributed by atoms with Crippen LogP contribution >= 0.6 is 0 Å². The van der Waals surface area contributed by atoms with E-state index in [-0.39, 0.29) is 12.5 Å². The molecular weight excluding hydrogens is 330 g/mol. The van der Waals surface area contributed by atoms with Crippen LogP contribution in [0.4, 0.5) is 0 Å². The highest BCUT2D eigenvalue weighted by molar-refractivity contribution is 5.80. The van der Waals surface area contributed by atoms with E-state index >= 15 is 0 Å². The Morgan fingerprint density at radius 3 is 2.69 bits per heavy atom. The molecular formula is C18H17N7O. The van der Waals surface area contributed by atoms with Gasteiger partial charge >= 0.3 is 0 Å². The van der Waals surface area contributed by atoms with Gasteiger partial charge < -0.3 is 5.32 Å². The van der Waals surface area contributed by atoms with Crippen molar-refractivity contribution < 1.29 is 4.79 Å². The molecule has 0 bridgehead atoms. The summed E-state index contributed by atoms with van der Waals surface area (Å²) in [7, 11) is 0. The largest absolute Gasteiger partial charge is 0.340 e. The molecule has 0 spiro atoms. The molecule has 4 rings (SSSR count). The van der Waals surface area contributed by atoms with Gasteiger partial charge in [-0.25, -0.2) is 9.67 Å². The molecule has 2 aromatic carbocycles. The number of carbonyl (C=O) groups is 1. The standard InChI is InChI=1S/C18H17N7O/c1-12-19-18(23-21-12)17(13-7-3-2-4-8-13)20-16(26)11-25-15-10-6-5-9-14(15)22-24-25/h2-10,17H,11H2,1H3,(H,20,26)(H,19,21,23). The van der Waals surface area contributed by atoms with Gasteiger partial charge in [0.15, 0.2) is 5.82 Å². The summed E-state index contributed by atoms with van der Waals surface area (Å²) in [6, 6.07) is 16.7. The lowest BCUT2D eigenvalue weighted by Gasteiger charge is -2.16. The maximum absolute atomic E-state index is 12.7. The number of rotatable bonds is 5. The van der Waals surface area contributed by atoms with Crippen molar-refractivity contribution in [2.24, 2.45) is 0 Å². The van der Waals surface area contributed by atoms with Crippen LogP contribution in [0, 0.1) is 6.92 Å². The Morgan fingerprint density at radius 1 is 1.15 bits per heavy atom. The van der Waals surface area contributed by atoms with E-state index in [1.807, 2.05) is 61.5 Å². The summed E-state index contributed by atoms with van der Waals surface area (Å²) in [6.45, 7) is 1.88. The molecule has 0 radical (unpaired) electrons. The van der Waals surface area contributed by atoms with Crippen LogP contribution in [0.3, 0.4) is 0 Å². The number of amides is 1. The number of H-pyrrole nitrogens is 1. The fraction of sp³-hybridized carbons (Fsp3) is 0.167. The molecule has 0 saturated heterocycles. The first-order valence-electron chi connectivity index (χ1n) is 8.22. The molecule has 0 saturated carbocycles. The number of aryl methyl sites for hydroxylation is 1. The van der Waals surface area contributed by atoms with Gasteiger partial charge in [0, 0.05) is 0 Å². The summed E-state index contributed by atoms with van der Waals surface area (Å²) < 4.78 is 1.58. The second kappa shape index (κ2) is 6.75. The highest BCUT2D eigenvalue weighted by Gasteiger charge is 2.21. The molecule has 4 aromatic rings. The van der Waals surface area contributed by atoms with E-state index in [9.17, 15) is 4.79 Å². The third-order valence-electron chi connectivity index (χ3n) is 4.02. The quantitative estimate of drug-likeness (QED) is 0.573. The zero-order valence-corrected chi connectivity index (χ0v) is 14.1. The van der Waals surface area contributed by atoms with E-state index in [1.165, 1.54) is 0 Å². The van der Waals surface area contributed by atoms with E-state index in [2.05, 4.69) is 30.8 Å². The van der Waals surface area contributed by atoms with Crippen LogP contribution in [0.15, 0.2) is 54.6 Å². The first-order chi connectivity index (χ1) is 12.7. The minimum Gasteiger partial charge on any atom is -0.340 e. The third-order valence-corrected chi connectivity index (χ3v) is 4.02. The van der Waals surface area contributed by atoms with Crippen LogP contribution in [-0.4, -0.2) is 36.1 Å². The van der Waals surface area contributed by atoms with Crippen LogP contribution in [0.1, 0.15) is 23.3 Å². The van der Waals surface area contributed by atoms with E-state index in [0.29, 0.717) is 11.6 Å². The Labute approximate surface area is 149 Å². The third kappa shape index (κ3) is 3.16. The summed E-state index contributed by atoms with van der Waals surface area (Å²) in [5.41, 5.74) is 2.47. The topological polar surface area (TPSA) is 101 Å². The zero-order chi connectivity index (χ0) is 17.9. The molecule has 8 heteroatoms. The van der Waals surface area contributed by atoms with Gasteiger partial charge in [-0.3, -0.25) is 9.89 Å². The van der Waals surface area contributed by atoms with Gasteiger partial charge in [0.05, 0.1) is 5.52 Å². The number of hydrogen-bond acceptors (Lipinski definition) is 5. The molecule has 2 heterocycles. The SMILES string of the molecule is Cc1nc(C(NC(=O)Cn2nnc3ccccc32)c2ccccc2)n[nH]1. The Kier molecular flexibility index (Phi) is 4.14. The van der Waals surface area contributed by atoms with Gasteiger partial charge in [-0.1, -0.05) is 47.7 Å². The van der Waals surface area contributed by atoms with E-state index in [1.54, 1.807) is 4.68 Å². The lowest BCUT2D eigenvalue weighted by Crippen LogP contribution is -2.33. The lowest BCUT2D eigenvalue weighted by atomic mass is 10.1. The molecule has 26 heavy (non-hydrogen) atoms. The molecule has 0 aliphatic carbocycles. The first-order valence-corrected chi connectivity index (χ1v) is 8.22. The van der Waals surface area contributed by atoms with Crippen LogP contribution in [0.5, 0.6) is 0 Å². The average Bonchev–Trinajstić information content (AvgIpc) is 3.27. The number of nitrogens with zero attached hydrogens (tertiary/aromatic N) is 5. The van der Waals surface area contributed by atoms with Crippen LogP contribution in [0.2, 0.25) is 0 Å².